The molecule has 5 heteroatoms. The number of thiocarbonyl (C=S) groups is 1. The van der Waals surface area contributed by atoms with E-state index in [0.29, 0.717) is 0 Å². The van der Waals surface area contributed by atoms with Gasteiger partial charge in [0.2, 0.25) is 0 Å². The smallest absolute Gasteiger partial charge is 0.169 e. The molecule has 1 aromatic carbocycles. The zero-order valence-electron chi connectivity index (χ0n) is 13.4. The second kappa shape index (κ2) is 8.97. The molecular formula is C19H20N2S3. The zero-order chi connectivity index (χ0) is 16.6. The molecule has 0 aliphatic heterocycles. The first-order valence-corrected chi connectivity index (χ1v) is 10.1. The molecule has 0 bridgehead atoms. The highest BCUT2D eigenvalue weighted by atomic mass is 32.1. The first kappa shape index (κ1) is 17.1. The van der Waals surface area contributed by atoms with Crippen LogP contribution >= 0.6 is 34.9 Å². The number of thiophene rings is 2. The summed E-state index contributed by atoms with van der Waals surface area (Å²) in [5.74, 6) is 0. The van der Waals surface area contributed by atoms with E-state index in [1.165, 1.54) is 15.3 Å². The maximum Gasteiger partial charge on any atom is 0.169 e. The van der Waals surface area contributed by atoms with Crippen LogP contribution in [0.15, 0.2) is 65.4 Å². The second-order valence-electron chi connectivity index (χ2n) is 5.48. The van der Waals surface area contributed by atoms with E-state index < -0.39 is 0 Å². The molecule has 0 saturated carbocycles. The Morgan fingerprint density at radius 2 is 1.50 bits per heavy atom. The van der Waals surface area contributed by atoms with Gasteiger partial charge in [0.25, 0.3) is 0 Å². The van der Waals surface area contributed by atoms with E-state index in [-0.39, 0.29) is 0 Å². The summed E-state index contributed by atoms with van der Waals surface area (Å²) in [5.41, 5.74) is 1.33. The van der Waals surface area contributed by atoms with Gasteiger partial charge in [-0.3, -0.25) is 0 Å². The summed E-state index contributed by atoms with van der Waals surface area (Å²) in [4.78, 5) is 4.91. The van der Waals surface area contributed by atoms with E-state index in [4.69, 9.17) is 12.2 Å². The third kappa shape index (κ3) is 5.16. The summed E-state index contributed by atoms with van der Waals surface area (Å²) in [7, 11) is 0. The van der Waals surface area contributed by atoms with Gasteiger partial charge in [0.1, 0.15) is 0 Å². The third-order valence-electron chi connectivity index (χ3n) is 3.67. The molecule has 0 saturated heterocycles. The van der Waals surface area contributed by atoms with Crippen molar-refractivity contribution in [1.29, 1.82) is 0 Å². The molecule has 24 heavy (non-hydrogen) atoms. The fourth-order valence-corrected chi connectivity index (χ4v) is 4.12. The van der Waals surface area contributed by atoms with Gasteiger partial charge in [0.15, 0.2) is 5.11 Å². The monoisotopic (exact) mass is 372 g/mol. The zero-order valence-corrected chi connectivity index (χ0v) is 15.8. The fraction of sp³-hybridized carbons (Fsp3) is 0.211. The van der Waals surface area contributed by atoms with Crippen LogP contribution in [0.4, 0.5) is 0 Å². The molecule has 124 valence electrons. The van der Waals surface area contributed by atoms with E-state index >= 15 is 0 Å². The largest absolute Gasteiger partial charge is 0.362 e. The molecule has 0 unspecified atom stereocenters. The van der Waals surface area contributed by atoms with E-state index in [9.17, 15) is 0 Å². The van der Waals surface area contributed by atoms with E-state index in [1.54, 1.807) is 22.7 Å². The molecule has 2 nitrogen and oxygen atoms in total. The average molecular weight is 373 g/mol. The predicted octanol–water partition coefficient (Wildman–Crippen LogP) is 4.93. The Hall–Kier alpha value is -1.69. The molecule has 2 aromatic heterocycles. The van der Waals surface area contributed by atoms with Gasteiger partial charge >= 0.3 is 0 Å². The Labute approximate surface area is 156 Å². The molecule has 0 aliphatic carbocycles. The third-order valence-corrected chi connectivity index (χ3v) is 5.80. The van der Waals surface area contributed by atoms with Crippen molar-refractivity contribution in [3.63, 3.8) is 0 Å². The van der Waals surface area contributed by atoms with Gasteiger partial charge < -0.3 is 10.2 Å². The quantitative estimate of drug-likeness (QED) is 0.592. The van der Waals surface area contributed by atoms with Crippen molar-refractivity contribution < 1.29 is 0 Å². The number of nitrogens with one attached hydrogen (secondary N) is 1. The predicted molar refractivity (Wildman–Crippen MR) is 109 cm³/mol. The summed E-state index contributed by atoms with van der Waals surface area (Å²) in [5, 5.41) is 8.48. The van der Waals surface area contributed by atoms with Crippen LogP contribution in [0, 0.1) is 0 Å². The van der Waals surface area contributed by atoms with Crippen molar-refractivity contribution in [2.75, 3.05) is 6.54 Å². The minimum absolute atomic E-state index is 0.827. The summed E-state index contributed by atoms with van der Waals surface area (Å²) < 4.78 is 0. The number of hydrogen-bond acceptors (Lipinski definition) is 3. The lowest BCUT2D eigenvalue weighted by atomic mass is 10.1. The number of nitrogens with zero attached hydrogens (tertiary/aromatic N) is 1. The molecule has 0 fully saturated rings. The lowest BCUT2D eigenvalue weighted by Gasteiger charge is -2.25. The normalized spacial score (nSPS) is 10.5. The Morgan fingerprint density at radius 1 is 0.875 bits per heavy atom. The van der Waals surface area contributed by atoms with Crippen LogP contribution in [-0.2, 0) is 19.5 Å². The lowest BCUT2D eigenvalue weighted by Crippen LogP contribution is -2.39. The van der Waals surface area contributed by atoms with E-state index in [1.807, 2.05) is 6.07 Å². The van der Waals surface area contributed by atoms with Crippen molar-refractivity contribution in [2.45, 2.75) is 19.5 Å². The van der Waals surface area contributed by atoms with Crippen LogP contribution in [-0.4, -0.2) is 16.6 Å². The molecule has 0 spiro atoms. The van der Waals surface area contributed by atoms with Crippen molar-refractivity contribution in [2.24, 2.45) is 0 Å². The highest BCUT2D eigenvalue weighted by Crippen LogP contribution is 2.17. The Balaban J connectivity index is 1.57. The molecular weight excluding hydrogens is 352 g/mol. The van der Waals surface area contributed by atoms with Gasteiger partial charge in [0, 0.05) is 16.3 Å². The second-order valence-corrected chi connectivity index (χ2v) is 7.93. The molecule has 3 rings (SSSR count). The van der Waals surface area contributed by atoms with Gasteiger partial charge in [-0.1, -0.05) is 42.5 Å². The minimum atomic E-state index is 0.827. The van der Waals surface area contributed by atoms with Crippen molar-refractivity contribution in [3.8, 4) is 0 Å². The lowest BCUT2D eigenvalue weighted by molar-refractivity contribution is 0.406. The number of rotatable bonds is 7. The Morgan fingerprint density at radius 3 is 2.04 bits per heavy atom. The molecule has 0 amide bonds. The summed E-state index contributed by atoms with van der Waals surface area (Å²) in [6.45, 7) is 2.56. The molecule has 0 atom stereocenters. The van der Waals surface area contributed by atoms with Gasteiger partial charge in [-0.25, -0.2) is 0 Å². The first-order chi connectivity index (χ1) is 11.8. The molecule has 0 radical (unpaired) electrons. The SMILES string of the molecule is S=C(NCCc1ccccc1)N(Cc1cccs1)Cc1cccs1. The summed E-state index contributed by atoms with van der Waals surface area (Å²) >= 11 is 9.21. The minimum Gasteiger partial charge on any atom is -0.362 e. The fourth-order valence-electron chi connectivity index (χ4n) is 2.45. The van der Waals surface area contributed by atoms with Gasteiger partial charge in [-0.15, -0.1) is 22.7 Å². The molecule has 2 heterocycles. The molecule has 0 aliphatic rings. The van der Waals surface area contributed by atoms with E-state index in [0.717, 1.165) is 31.2 Å². The average Bonchev–Trinajstić information content (AvgIpc) is 3.29. The topological polar surface area (TPSA) is 15.3 Å². The summed E-state index contributed by atoms with van der Waals surface area (Å²) in [6.07, 6.45) is 0.979. The van der Waals surface area contributed by atoms with Crippen LogP contribution in [0.3, 0.4) is 0 Å². The number of benzene rings is 1. The van der Waals surface area contributed by atoms with Crippen molar-refractivity contribution >= 4 is 40.0 Å². The van der Waals surface area contributed by atoms with Crippen molar-refractivity contribution in [3.05, 3.63) is 80.7 Å². The van der Waals surface area contributed by atoms with Crippen molar-refractivity contribution in [1.82, 2.24) is 10.2 Å². The maximum absolute atomic E-state index is 5.66. The Kier molecular flexibility index (Phi) is 6.41. The van der Waals surface area contributed by atoms with Gasteiger partial charge in [0.05, 0.1) is 13.1 Å². The molecule has 1 N–H and O–H groups in total. The highest BCUT2D eigenvalue weighted by Gasteiger charge is 2.12. The first-order valence-electron chi connectivity index (χ1n) is 7.93. The van der Waals surface area contributed by atoms with Gasteiger partial charge in [-0.2, -0.15) is 0 Å². The highest BCUT2D eigenvalue weighted by molar-refractivity contribution is 7.80. The standard InChI is InChI=1S/C19H20N2S3/c22-19(20-11-10-16-6-2-1-3-7-16)21(14-17-8-4-12-23-17)15-18-9-5-13-24-18/h1-9,12-13H,10-11,14-15H2,(H,20,22). The van der Waals surface area contributed by atoms with Crippen LogP contribution in [0.1, 0.15) is 15.3 Å². The van der Waals surface area contributed by atoms with Crippen LogP contribution in [0.25, 0.3) is 0 Å². The van der Waals surface area contributed by atoms with E-state index in [2.05, 4.69) is 69.5 Å². The molecule has 3 aromatic rings. The van der Waals surface area contributed by atoms with Gasteiger partial charge in [-0.05, 0) is 47.1 Å². The van der Waals surface area contributed by atoms with Crippen LogP contribution in [0.5, 0.6) is 0 Å². The summed E-state index contributed by atoms with van der Waals surface area (Å²) in [6, 6.07) is 19.0. The number of hydrogen-bond donors (Lipinski definition) is 1. The van der Waals surface area contributed by atoms with Crippen LogP contribution in [0.2, 0.25) is 0 Å². The maximum atomic E-state index is 5.66. The Bertz CT molecular complexity index is 685. The van der Waals surface area contributed by atoms with Crippen LogP contribution < -0.4 is 5.32 Å².